The number of nitrogens with one attached hydrogen (secondary N) is 1. The summed E-state index contributed by atoms with van der Waals surface area (Å²) in [5.41, 5.74) is 3.76. The van der Waals surface area contributed by atoms with Gasteiger partial charge in [0.05, 0.1) is 17.4 Å². The molecule has 0 bridgehead atoms. The summed E-state index contributed by atoms with van der Waals surface area (Å²) in [5, 5.41) is 9.31. The lowest BCUT2D eigenvalue weighted by Crippen LogP contribution is -2.33. The van der Waals surface area contributed by atoms with Crippen LogP contribution in [0.25, 0.3) is 5.69 Å². The van der Waals surface area contributed by atoms with Gasteiger partial charge in [0.25, 0.3) is 0 Å². The average Bonchev–Trinajstić information content (AvgIpc) is 3.18. The summed E-state index contributed by atoms with van der Waals surface area (Å²) in [7, 11) is 0. The number of nitrogens with zero attached hydrogens (tertiary/aromatic N) is 3. The third-order valence-corrected chi connectivity index (χ3v) is 5.34. The Balaban J connectivity index is 1.77. The number of likely N-dealkylation sites (tertiary alicyclic amines) is 1. The van der Waals surface area contributed by atoms with Gasteiger partial charge in [-0.05, 0) is 56.6 Å². The molecule has 23 heavy (non-hydrogen) atoms. The van der Waals surface area contributed by atoms with Gasteiger partial charge in [0, 0.05) is 17.1 Å². The van der Waals surface area contributed by atoms with Crippen LogP contribution in [0.5, 0.6) is 0 Å². The number of anilines is 1. The Kier molecular flexibility index (Phi) is 4.04. The third kappa shape index (κ3) is 2.64. The van der Waals surface area contributed by atoms with Gasteiger partial charge in [-0.25, -0.2) is 4.68 Å². The molecule has 2 aromatic rings. The Labute approximate surface area is 142 Å². The first-order valence-electron chi connectivity index (χ1n) is 8.63. The molecule has 0 saturated carbocycles. The van der Waals surface area contributed by atoms with Crippen molar-refractivity contribution in [2.75, 3.05) is 25.0 Å². The maximum Gasteiger partial charge on any atom is 0.133 e. The summed E-state index contributed by atoms with van der Waals surface area (Å²) >= 11 is 6.03. The van der Waals surface area contributed by atoms with Gasteiger partial charge in [-0.1, -0.05) is 24.9 Å². The Bertz CT molecular complexity index is 692. The lowest BCUT2D eigenvalue weighted by molar-refractivity contribution is 0.153. The number of hydrogen-bond donors (Lipinski definition) is 1. The van der Waals surface area contributed by atoms with E-state index in [1.165, 1.54) is 42.9 Å². The molecule has 1 fully saturated rings. The van der Waals surface area contributed by atoms with Crippen LogP contribution in [0.4, 0.5) is 5.82 Å². The zero-order chi connectivity index (χ0) is 15.8. The molecule has 1 unspecified atom stereocenters. The number of fused-ring (bicyclic) bond motifs is 1. The van der Waals surface area contributed by atoms with Crippen LogP contribution in [0, 0.1) is 0 Å². The molecular formula is C18H23ClN4. The van der Waals surface area contributed by atoms with E-state index in [0.29, 0.717) is 6.04 Å². The molecule has 122 valence electrons. The lowest BCUT2D eigenvalue weighted by atomic mass is 9.96. The van der Waals surface area contributed by atoms with Crippen molar-refractivity contribution in [2.45, 2.75) is 38.6 Å². The van der Waals surface area contributed by atoms with Gasteiger partial charge in [0.2, 0.25) is 0 Å². The van der Waals surface area contributed by atoms with Crippen molar-refractivity contribution in [2.24, 2.45) is 0 Å². The highest BCUT2D eigenvalue weighted by atomic mass is 35.5. The monoisotopic (exact) mass is 330 g/mol. The predicted molar refractivity (Wildman–Crippen MR) is 94.6 cm³/mol. The van der Waals surface area contributed by atoms with Crippen molar-refractivity contribution in [3.8, 4) is 5.69 Å². The minimum atomic E-state index is 0.468. The van der Waals surface area contributed by atoms with Crippen molar-refractivity contribution in [3.05, 3.63) is 40.5 Å². The number of rotatable bonds is 3. The largest absolute Gasteiger partial charge is 0.369 e. The topological polar surface area (TPSA) is 33.1 Å². The first-order valence-corrected chi connectivity index (χ1v) is 9.01. The summed E-state index contributed by atoms with van der Waals surface area (Å²) < 4.78 is 2.07. The molecule has 2 aliphatic rings. The van der Waals surface area contributed by atoms with E-state index in [0.717, 1.165) is 30.2 Å². The molecule has 3 heterocycles. The summed E-state index contributed by atoms with van der Waals surface area (Å²) in [6.45, 7) is 5.55. The van der Waals surface area contributed by atoms with Gasteiger partial charge in [-0.2, -0.15) is 5.10 Å². The van der Waals surface area contributed by atoms with Crippen LogP contribution in [0.2, 0.25) is 5.02 Å². The van der Waals surface area contributed by atoms with E-state index in [2.05, 4.69) is 21.8 Å². The summed E-state index contributed by atoms with van der Waals surface area (Å²) in [5.74, 6) is 1.17. The molecule has 4 rings (SSSR count). The maximum atomic E-state index is 6.03. The van der Waals surface area contributed by atoms with Crippen LogP contribution in [0.3, 0.4) is 0 Å². The van der Waals surface area contributed by atoms with Gasteiger partial charge >= 0.3 is 0 Å². The molecule has 0 aliphatic carbocycles. The SMILES string of the molecule is CCN1CCCCC1c1nn(-c2ccc(Cl)cc2)c2c1CCN2. The van der Waals surface area contributed by atoms with Crippen LogP contribution in [-0.2, 0) is 6.42 Å². The van der Waals surface area contributed by atoms with E-state index in [1.54, 1.807) is 0 Å². The Hall–Kier alpha value is -1.52. The Morgan fingerprint density at radius 2 is 2.09 bits per heavy atom. The fraction of sp³-hybridized carbons (Fsp3) is 0.500. The molecule has 2 aliphatic heterocycles. The number of piperidine rings is 1. The smallest absolute Gasteiger partial charge is 0.133 e. The van der Waals surface area contributed by atoms with Crippen LogP contribution in [0.15, 0.2) is 24.3 Å². The maximum absolute atomic E-state index is 6.03. The number of aromatic nitrogens is 2. The first-order chi connectivity index (χ1) is 11.3. The molecule has 1 atom stereocenters. The van der Waals surface area contributed by atoms with E-state index in [4.69, 9.17) is 16.7 Å². The highest BCUT2D eigenvalue weighted by Crippen LogP contribution is 2.37. The fourth-order valence-electron chi connectivity index (χ4n) is 3.92. The molecule has 1 aromatic carbocycles. The highest BCUT2D eigenvalue weighted by molar-refractivity contribution is 6.30. The third-order valence-electron chi connectivity index (χ3n) is 5.09. The average molecular weight is 331 g/mol. The molecule has 0 amide bonds. The van der Waals surface area contributed by atoms with Crippen molar-refractivity contribution < 1.29 is 0 Å². The molecule has 5 heteroatoms. The normalized spacial score (nSPS) is 21.2. The second-order valence-electron chi connectivity index (χ2n) is 6.42. The first kappa shape index (κ1) is 15.0. The van der Waals surface area contributed by atoms with Gasteiger partial charge in [0.15, 0.2) is 0 Å². The molecule has 0 radical (unpaired) electrons. The minimum absolute atomic E-state index is 0.468. The number of benzene rings is 1. The van der Waals surface area contributed by atoms with Crippen LogP contribution in [0.1, 0.15) is 43.5 Å². The summed E-state index contributed by atoms with van der Waals surface area (Å²) in [4.78, 5) is 2.58. The van der Waals surface area contributed by atoms with Crippen LogP contribution in [-0.4, -0.2) is 34.3 Å². The Morgan fingerprint density at radius 1 is 1.26 bits per heavy atom. The van der Waals surface area contributed by atoms with Crippen molar-refractivity contribution in [1.82, 2.24) is 14.7 Å². The van der Waals surface area contributed by atoms with Crippen molar-refractivity contribution >= 4 is 17.4 Å². The fourth-order valence-corrected chi connectivity index (χ4v) is 4.04. The zero-order valence-corrected chi connectivity index (χ0v) is 14.3. The molecule has 1 saturated heterocycles. The van der Waals surface area contributed by atoms with Crippen molar-refractivity contribution in [3.63, 3.8) is 0 Å². The standard InChI is InChI=1S/C18H23ClN4/c1-2-22-12-4-3-5-16(22)17-15-10-11-20-18(15)23(21-17)14-8-6-13(19)7-9-14/h6-9,16,20H,2-5,10-12H2,1H3. The quantitative estimate of drug-likeness (QED) is 0.922. The zero-order valence-electron chi connectivity index (χ0n) is 13.6. The molecule has 1 N–H and O–H groups in total. The van der Waals surface area contributed by atoms with E-state index >= 15 is 0 Å². The molecular weight excluding hydrogens is 308 g/mol. The lowest BCUT2D eigenvalue weighted by Gasteiger charge is -2.34. The van der Waals surface area contributed by atoms with Crippen LogP contribution < -0.4 is 5.32 Å². The summed E-state index contributed by atoms with van der Waals surface area (Å²) in [6, 6.07) is 8.41. The van der Waals surface area contributed by atoms with E-state index in [-0.39, 0.29) is 0 Å². The molecule has 4 nitrogen and oxygen atoms in total. The summed E-state index contributed by atoms with van der Waals surface area (Å²) in [6.07, 6.45) is 4.91. The molecule has 1 aromatic heterocycles. The van der Waals surface area contributed by atoms with Gasteiger partial charge in [-0.3, -0.25) is 4.90 Å². The van der Waals surface area contributed by atoms with E-state index < -0.39 is 0 Å². The Morgan fingerprint density at radius 3 is 2.87 bits per heavy atom. The second kappa shape index (κ2) is 6.17. The van der Waals surface area contributed by atoms with Crippen molar-refractivity contribution in [1.29, 1.82) is 0 Å². The van der Waals surface area contributed by atoms with Gasteiger partial charge in [-0.15, -0.1) is 0 Å². The number of halogens is 1. The van der Waals surface area contributed by atoms with Gasteiger partial charge < -0.3 is 5.32 Å². The number of hydrogen-bond acceptors (Lipinski definition) is 3. The van der Waals surface area contributed by atoms with E-state index in [9.17, 15) is 0 Å². The van der Waals surface area contributed by atoms with Gasteiger partial charge in [0.1, 0.15) is 5.82 Å². The van der Waals surface area contributed by atoms with Crippen LogP contribution >= 0.6 is 11.6 Å². The molecule has 0 spiro atoms. The van der Waals surface area contributed by atoms with E-state index in [1.807, 2.05) is 24.3 Å². The highest BCUT2D eigenvalue weighted by Gasteiger charge is 2.31. The minimum Gasteiger partial charge on any atom is -0.369 e. The predicted octanol–water partition coefficient (Wildman–Crippen LogP) is 4.04. The second-order valence-corrected chi connectivity index (χ2v) is 6.85.